The van der Waals surface area contributed by atoms with Crippen LogP contribution >= 0.6 is 15.9 Å². The van der Waals surface area contributed by atoms with Gasteiger partial charge in [0.2, 0.25) is 11.7 Å². The minimum absolute atomic E-state index is 0.0970. The summed E-state index contributed by atoms with van der Waals surface area (Å²) in [6.07, 6.45) is 3.18. The number of rotatable bonds is 7. The van der Waals surface area contributed by atoms with Crippen molar-refractivity contribution in [1.82, 2.24) is 5.32 Å². The number of carbonyl (C=O) groups is 1. The standard InChI is InChI=1S/C20H22BrNO4/c1-13(15-6-8-16(21)9-7-15)22-19(23)10-5-14-11-17(24-2)20(26-4)18(12-14)25-3/h5-13H,1-4H3,(H,22,23)/b10-5+/t13-/m1/s1. The van der Waals surface area contributed by atoms with Crippen molar-refractivity contribution in [1.29, 1.82) is 0 Å². The molecule has 0 unspecified atom stereocenters. The van der Waals surface area contributed by atoms with Crippen LogP contribution in [0.15, 0.2) is 46.9 Å². The topological polar surface area (TPSA) is 56.8 Å². The third kappa shape index (κ3) is 5.02. The summed E-state index contributed by atoms with van der Waals surface area (Å²) in [4.78, 5) is 12.2. The molecular formula is C20H22BrNO4. The molecule has 0 aliphatic rings. The number of hydrogen-bond donors (Lipinski definition) is 1. The van der Waals surface area contributed by atoms with Crippen molar-refractivity contribution >= 4 is 27.9 Å². The highest BCUT2D eigenvalue weighted by molar-refractivity contribution is 9.10. The summed E-state index contributed by atoms with van der Waals surface area (Å²) in [5.74, 6) is 1.40. The second-order valence-corrected chi connectivity index (χ2v) is 6.49. The van der Waals surface area contributed by atoms with E-state index in [0.717, 1.165) is 15.6 Å². The molecule has 0 aliphatic carbocycles. The van der Waals surface area contributed by atoms with Gasteiger partial charge in [0.1, 0.15) is 0 Å². The summed E-state index contributed by atoms with van der Waals surface area (Å²) < 4.78 is 16.9. The van der Waals surface area contributed by atoms with Crippen molar-refractivity contribution in [3.63, 3.8) is 0 Å². The molecule has 2 rings (SSSR count). The molecule has 138 valence electrons. The monoisotopic (exact) mass is 419 g/mol. The number of hydrogen-bond acceptors (Lipinski definition) is 4. The second-order valence-electron chi connectivity index (χ2n) is 5.57. The van der Waals surface area contributed by atoms with Gasteiger partial charge in [-0.2, -0.15) is 0 Å². The third-order valence-corrected chi connectivity index (χ3v) is 4.37. The van der Waals surface area contributed by atoms with E-state index in [1.165, 1.54) is 6.08 Å². The molecule has 0 saturated heterocycles. The maximum atomic E-state index is 12.2. The van der Waals surface area contributed by atoms with E-state index in [4.69, 9.17) is 14.2 Å². The zero-order valence-corrected chi connectivity index (χ0v) is 16.8. The molecule has 2 aromatic rings. The van der Waals surface area contributed by atoms with E-state index < -0.39 is 0 Å². The molecule has 5 nitrogen and oxygen atoms in total. The van der Waals surface area contributed by atoms with Gasteiger partial charge in [-0.05, 0) is 48.4 Å². The van der Waals surface area contributed by atoms with Crippen molar-refractivity contribution in [2.24, 2.45) is 0 Å². The Kier molecular flexibility index (Phi) is 7.09. The molecular weight excluding hydrogens is 398 g/mol. The highest BCUT2D eigenvalue weighted by Gasteiger charge is 2.12. The quantitative estimate of drug-likeness (QED) is 0.677. The Morgan fingerprint density at radius 1 is 1.04 bits per heavy atom. The predicted octanol–water partition coefficient (Wildman–Crippen LogP) is 4.37. The zero-order valence-electron chi connectivity index (χ0n) is 15.2. The highest BCUT2D eigenvalue weighted by atomic mass is 79.9. The summed E-state index contributed by atoms with van der Waals surface area (Å²) in [6, 6.07) is 11.3. The fourth-order valence-electron chi connectivity index (χ4n) is 2.47. The molecule has 1 atom stereocenters. The first-order valence-electron chi connectivity index (χ1n) is 8.02. The molecule has 0 fully saturated rings. The number of amides is 1. The first-order chi connectivity index (χ1) is 12.5. The van der Waals surface area contributed by atoms with Gasteiger partial charge in [-0.15, -0.1) is 0 Å². The van der Waals surface area contributed by atoms with Crippen LogP contribution in [0.5, 0.6) is 17.2 Å². The molecule has 0 aliphatic heterocycles. The van der Waals surface area contributed by atoms with E-state index in [-0.39, 0.29) is 11.9 Å². The van der Waals surface area contributed by atoms with Gasteiger partial charge in [0.25, 0.3) is 0 Å². The van der Waals surface area contributed by atoms with E-state index in [1.54, 1.807) is 39.5 Å². The van der Waals surface area contributed by atoms with Crippen LogP contribution in [0.1, 0.15) is 24.1 Å². The summed E-state index contributed by atoms with van der Waals surface area (Å²) in [5, 5.41) is 2.94. The number of carbonyl (C=O) groups excluding carboxylic acids is 1. The van der Waals surface area contributed by atoms with Crippen LogP contribution in [0.4, 0.5) is 0 Å². The van der Waals surface area contributed by atoms with Gasteiger partial charge in [-0.1, -0.05) is 28.1 Å². The van der Waals surface area contributed by atoms with E-state index in [0.29, 0.717) is 17.2 Å². The maximum Gasteiger partial charge on any atom is 0.244 e. The smallest absolute Gasteiger partial charge is 0.244 e. The summed E-state index contributed by atoms with van der Waals surface area (Å²) in [5.41, 5.74) is 1.80. The zero-order chi connectivity index (χ0) is 19.1. The van der Waals surface area contributed by atoms with Crippen LogP contribution in [0.2, 0.25) is 0 Å². The second kappa shape index (κ2) is 9.29. The maximum absolute atomic E-state index is 12.2. The average molecular weight is 420 g/mol. The minimum atomic E-state index is -0.186. The molecule has 0 heterocycles. The molecule has 0 aromatic heterocycles. The van der Waals surface area contributed by atoms with E-state index in [9.17, 15) is 4.79 Å². The van der Waals surface area contributed by atoms with Crippen LogP contribution in [-0.4, -0.2) is 27.2 Å². The molecule has 6 heteroatoms. The largest absolute Gasteiger partial charge is 0.493 e. The first-order valence-corrected chi connectivity index (χ1v) is 8.81. The van der Waals surface area contributed by atoms with E-state index in [2.05, 4.69) is 21.2 Å². The van der Waals surface area contributed by atoms with Gasteiger partial charge >= 0.3 is 0 Å². The van der Waals surface area contributed by atoms with E-state index in [1.807, 2.05) is 31.2 Å². The van der Waals surface area contributed by atoms with Gasteiger partial charge in [0, 0.05) is 10.5 Å². The molecule has 0 saturated carbocycles. The van der Waals surface area contributed by atoms with Crippen molar-refractivity contribution < 1.29 is 19.0 Å². The minimum Gasteiger partial charge on any atom is -0.493 e. The number of halogens is 1. The Morgan fingerprint density at radius 2 is 1.62 bits per heavy atom. The summed E-state index contributed by atoms with van der Waals surface area (Å²) >= 11 is 3.40. The number of methoxy groups -OCH3 is 3. The van der Waals surface area contributed by atoms with E-state index >= 15 is 0 Å². The average Bonchev–Trinajstić information content (AvgIpc) is 2.65. The summed E-state index contributed by atoms with van der Waals surface area (Å²) in [7, 11) is 4.65. The first kappa shape index (κ1) is 19.8. The molecule has 1 amide bonds. The molecule has 0 radical (unpaired) electrons. The third-order valence-electron chi connectivity index (χ3n) is 3.84. The lowest BCUT2D eigenvalue weighted by Gasteiger charge is -2.14. The van der Waals surface area contributed by atoms with Gasteiger partial charge in [0.05, 0.1) is 27.4 Å². The Balaban J connectivity index is 2.11. The van der Waals surface area contributed by atoms with Crippen LogP contribution in [0, 0.1) is 0 Å². The van der Waals surface area contributed by atoms with Gasteiger partial charge in [-0.3, -0.25) is 4.79 Å². The molecule has 2 aromatic carbocycles. The lowest BCUT2D eigenvalue weighted by atomic mass is 10.1. The molecule has 0 spiro atoms. The fraction of sp³-hybridized carbons (Fsp3) is 0.250. The lowest BCUT2D eigenvalue weighted by molar-refractivity contribution is -0.117. The Bertz CT molecular complexity index is 762. The van der Waals surface area contributed by atoms with Gasteiger partial charge in [-0.25, -0.2) is 0 Å². The lowest BCUT2D eigenvalue weighted by Crippen LogP contribution is -2.24. The fourth-order valence-corrected chi connectivity index (χ4v) is 2.73. The van der Waals surface area contributed by atoms with Crippen LogP contribution in [0.3, 0.4) is 0 Å². The highest BCUT2D eigenvalue weighted by Crippen LogP contribution is 2.38. The predicted molar refractivity (Wildman–Crippen MR) is 106 cm³/mol. The molecule has 0 bridgehead atoms. The summed E-state index contributed by atoms with van der Waals surface area (Å²) in [6.45, 7) is 1.94. The number of ether oxygens (including phenoxy) is 3. The van der Waals surface area contributed by atoms with Crippen LogP contribution in [0.25, 0.3) is 6.08 Å². The van der Waals surface area contributed by atoms with Crippen molar-refractivity contribution in [2.75, 3.05) is 21.3 Å². The van der Waals surface area contributed by atoms with Gasteiger partial charge in [0.15, 0.2) is 11.5 Å². The van der Waals surface area contributed by atoms with Crippen LogP contribution in [-0.2, 0) is 4.79 Å². The Hall–Kier alpha value is -2.47. The molecule has 26 heavy (non-hydrogen) atoms. The normalized spacial score (nSPS) is 11.9. The molecule has 1 N–H and O–H groups in total. The van der Waals surface area contributed by atoms with Crippen molar-refractivity contribution in [2.45, 2.75) is 13.0 Å². The van der Waals surface area contributed by atoms with Crippen molar-refractivity contribution in [3.8, 4) is 17.2 Å². The van der Waals surface area contributed by atoms with Crippen molar-refractivity contribution in [3.05, 3.63) is 58.1 Å². The Labute approximate surface area is 162 Å². The van der Waals surface area contributed by atoms with Gasteiger partial charge < -0.3 is 19.5 Å². The SMILES string of the molecule is COc1cc(/C=C/C(=O)N[C@H](C)c2ccc(Br)cc2)cc(OC)c1OC. The number of benzene rings is 2. The number of nitrogens with one attached hydrogen (secondary N) is 1. The Morgan fingerprint density at radius 3 is 2.12 bits per heavy atom. The van der Waals surface area contributed by atoms with Crippen LogP contribution < -0.4 is 19.5 Å².